The van der Waals surface area contributed by atoms with Gasteiger partial charge in [0.05, 0.1) is 0 Å². The lowest BCUT2D eigenvalue weighted by atomic mass is 10.4. The molecule has 0 saturated heterocycles. The average molecular weight is 257 g/mol. The van der Waals surface area contributed by atoms with Crippen LogP contribution in [0.25, 0.3) is 0 Å². The number of nitrogens with one attached hydrogen (secondary N) is 1. The molecule has 0 bridgehead atoms. The highest BCUT2D eigenvalue weighted by Gasteiger charge is 2.05. The fraction of sp³-hybridized carbons (Fsp3) is 0.750. The third kappa shape index (κ3) is 5.46. The first-order chi connectivity index (χ1) is 8.27. The van der Waals surface area contributed by atoms with Crippen molar-refractivity contribution in [2.45, 2.75) is 32.1 Å². The Morgan fingerprint density at radius 1 is 1.59 bits per heavy atom. The second-order valence-electron chi connectivity index (χ2n) is 3.93. The molecule has 1 rings (SSSR count). The van der Waals surface area contributed by atoms with Crippen molar-refractivity contribution >= 4 is 17.7 Å². The Morgan fingerprint density at radius 3 is 3.12 bits per heavy atom. The molecular weight excluding hydrogens is 234 g/mol. The van der Waals surface area contributed by atoms with Crippen molar-refractivity contribution in [2.24, 2.45) is 0 Å². The molecule has 1 N–H and O–H groups in total. The van der Waals surface area contributed by atoms with E-state index in [1.54, 1.807) is 0 Å². The molecule has 98 valence electrons. The number of nitrogens with zero attached hydrogens (tertiary/aromatic N) is 2. The Balaban J connectivity index is 2.30. The van der Waals surface area contributed by atoms with E-state index in [4.69, 9.17) is 4.74 Å². The van der Waals surface area contributed by atoms with Gasteiger partial charge in [0.1, 0.15) is 0 Å². The summed E-state index contributed by atoms with van der Waals surface area (Å²) in [7, 11) is 0. The van der Waals surface area contributed by atoms with Crippen molar-refractivity contribution in [2.75, 3.05) is 31.3 Å². The molecule has 17 heavy (non-hydrogen) atoms. The van der Waals surface area contributed by atoms with E-state index >= 15 is 0 Å². The topological polar surface area (TPSA) is 39.1 Å². The van der Waals surface area contributed by atoms with Gasteiger partial charge in [-0.1, -0.05) is 6.92 Å². The fourth-order valence-electron chi connectivity index (χ4n) is 1.49. The minimum atomic E-state index is 0.605. The van der Waals surface area contributed by atoms with E-state index in [0.29, 0.717) is 5.25 Å². The van der Waals surface area contributed by atoms with Crippen molar-refractivity contribution in [3.05, 3.63) is 12.4 Å². The second-order valence-corrected chi connectivity index (χ2v) is 5.20. The van der Waals surface area contributed by atoms with Crippen LogP contribution in [0.15, 0.2) is 12.4 Å². The Morgan fingerprint density at radius 2 is 2.41 bits per heavy atom. The highest BCUT2D eigenvalue weighted by atomic mass is 32.2. The van der Waals surface area contributed by atoms with E-state index in [-0.39, 0.29) is 0 Å². The zero-order valence-corrected chi connectivity index (χ0v) is 11.8. The molecule has 0 radical (unpaired) electrons. The van der Waals surface area contributed by atoms with Crippen LogP contribution in [0.1, 0.15) is 20.3 Å². The van der Waals surface area contributed by atoms with Crippen molar-refractivity contribution in [1.82, 2.24) is 9.55 Å². The zero-order valence-electron chi connectivity index (χ0n) is 11.0. The Hall–Kier alpha value is -0.680. The summed E-state index contributed by atoms with van der Waals surface area (Å²) in [6.45, 7) is 7.75. The molecule has 0 aliphatic carbocycles. The van der Waals surface area contributed by atoms with Crippen LogP contribution in [0.3, 0.4) is 0 Å². The van der Waals surface area contributed by atoms with E-state index in [1.807, 2.05) is 31.1 Å². The van der Waals surface area contributed by atoms with Crippen molar-refractivity contribution in [3.8, 4) is 0 Å². The fourth-order valence-corrected chi connectivity index (χ4v) is 1.80. The van der Waals surface area contributed by atoms with Crippen LogP contribution in [0, 0.1) is 0 Å². The lowest BCUT2D eigenvalue weighted by molar-refractivity contribution is 0.147. The van der Waals surface area contributed by atoms with Crippen LogP contribution < -0.4 is 5.32 Å². The smallest absolute Gasteiger partial charge is 0.202 e. The number of ether oxygens (including phenoxy) is 1. The number of anilines is 1. The second kappa shape index (κ2) is 8.42. The number of aromatic nitrogens is 2. The molecule has 0 aromatic carbocycles. The van der Waals surface area contributed by atoms with Crippen molar-refractivity contribution in [1.29, 1.82) is 0 Å². The monoisotopic (exact) mass is 257 g/mol. The third-order valence-electron chi connectivity index (χ3n) is 2.52. The predicted octanol–water partition coefficient (Wildman–Crippen LogP) is 2.47. The van der Waals surface area contributed by atoms with Crippen LogP contribution >= 0.6 is 11.8 Å². The van der Waals surface area contributed by atoms with Gasteiger partial charge in [-0.2, -0.15) is 11.8 Å². The van der Waals surface area contributed by atoms with Crippen LogP contribution in [-0.2, 0) is 11.3 Å². The SMILES string of the molecule is CCOCCCNc1nccn1CC(C)SC. The lowest BCUT2D eigenvalue weighted by Crippen LogP contribution is -2.14. The number of rotatable bonds is 9. The minimum absolute atomic E-state index is 0.605. The molecule has 1 aromatic heterocycles. The first kappa shape index (κ1) is 14.4. The summed E-state index contributed by atoms with van der Waals surface area (Å²) in [5, 5.41) is 3.95. The molecule has 5 heteroatoms. The standard InChI is InChI=1S/C12H23N3OS/c1-4-16-9-5-6-13-12-14-7-8-15(12)10-11(2)17-3/h7-8,11H,4-6,9-10H2,1-3H3,(H,13,14). The van der Waals surface area contributed by atoms with Crippen LogP contribution in [0.2, 0.25) is 0 Å². The van der Waals surface area contributed by atoms with Gasteiger partial charge in [0.25, 0.3) is 0 Å². The summed E-state index contributed by atoms with van der Waals surface area (Å²) in [4.78, 5) is 4.32. The summed E-state index contributed by atoms with van der Waals surface area (Å²) >= 11 is 1.87. The van der Waals surface area contributed by atoms with Crippen LogP contribution in [-0.4, -0.2) is 40.8 Å². The van der Waals surface area contributed by atoms with Gasteiger partial charge < -0.3 is 14.6 Å². The number of thioether (sulfide) groups is 1. The maximum Gasteiger partial charge on any atom is 0.202 e. The number of imidazole rings is 1. The molecule has 1 aromatic rings. The van der Waals surface area contributed by atoms with Gasteiger partial charge in [-0.15, -0.1) is 0 Å². The van der Waals surface area contributed by atoms with Gasteiger partial charge in [-0.3, -0.25) is 0 Å². The van der Waals surface area contributed by atoms with Crippen molar-refractivity contribution in [3.63, 3.8) is 0 Å². The maximum absolute atomic E-state index is 5.29. The molecule has 0 saturated carbocycles. The number of hydrogen-bond acceptors (Lipinski definition) is 4. The molecule has 1 atom stereocenters. The first-order valence-electron chi connectivity index (χ1n) is 6.13. The van der Waals surface area contributed by atoms with Crippen LogP contribution in [0.5, 0.6) is 0 Å². The normalized spacial score (nSPS) is 12.6. The third-order valence-corrected chi connectivity index (χ3v) is 3.48. The van der Waals surface area contributed by atoms with Gasteiger partial charge in [0.15, 0.2) is 0 Å². The molecular formula is C12H23N3OS. The molecule has 0 aliphatic heterocycles. The summed E-state index contributed by atoms with van der Waals surface area (Å²) < 4.78 is 7.46. The summed E-state index contributed by atoms with van der Waals surface area (Å²) in [5.74, 6) is 0.961. The van der Waals surface area contributed by atoms with Gasteiger partial charge in [-0.25, -0.2) is 4.98 Å². The minimum Gasteiger partial charge on any atom is -0.382 e. The Labute approximate surface area is 108 Å². The van der Waals surface area contributed by atoms with Gasteiger partial charge in [-0.05, 0) is 19.6 Å². The Kier molecular flexibility index (Phi) is 7.12. The summed E-state index contributed by atoms with van der Waals surface area (Å²) in [6, 6.07) is 0. The van der Waals surface area contributed by atoms with E-state index < -0.39 is 0 Å². The van der Waals surface area contributed by atoms with Gasteiger partial charge in [0, 0.05) is 43.9 Å². The van der Waals surface area contributed by atoms with E-state index in [9.17, 15) is 0 Å². The maximum atomic E-state index is 5.29. The Bertz CT molecular complexity index is 304. The molecule has 0 aliphatic rings. The average Bonchev–Trinajstić information content (AvgIpc) is 2.76. The van der Waals surface area contributed by atoms with E-state index in [1.165, 1.54) is 0 Å². The van der Waals surface area contributed by atoms with Crippen molar-refractivity contribution < 1.29 is 4.74 Å². The highest BCUT2D eigenvalue weighted by molar-refractivity contribution is 7.99. The van der Waals surface area contributed by atoms with Crippen LogP contribution in [0.4, 0.5) is 5.95 Å². The van der Waals surface area contributed by atoms with E-state index in [2.05, 4.69) is 28.0 Å². The van der Waals surface area contributed by atoms with E-state index in [0.717, 1.165) is 38.7 Å². The molecule has 1 unspecified atom stereocenters. The lowest BCUT2D eigenvalue weighted by Gasteiger charge is -2.13. The molecule has 0 spiro atoms. The largest absolute Gasteiger partial charge is 0.382 e. The molecule has 0 amide bonds. The van der Waals surface area contributed by atoms with Gasteiger partial charge in [0.2, 0.25) is 5.95 Å². The predicted molar refractivity (Wildman–Crippen MR) is 74.8 cm³/mol. The van der Waals surface area contributed by atoms with Gasteiger partial charge >= 0.3 is 0 Å². The summed E-state index contributed by atoms with van der Waals surface area (Å²) in [6.07, 6.45) is 7.02. The quantitative estimate of drug-likeness (QED) is 0.690. The molecule has 0 fully saturated rings. The first-order valence-corrected chi connectivity index (χ1v) is 7.42. The zero-order chi connectivity index (χ0) is 12.5. The molecule has 4 nitrogen and oxygen atoms in total. The molecule has 1 heterocycles. The highest BCUT2D eigenvalue weighted by Crippen LogP contribution is 2.12. The summed E-state index contributed by atoms with van der Waals surface area (Å²) in [5.41, 5.74) is 0. The number of hydrogen-bond donors (Lipinski definition) is 1.